The maximum absolute atomic E-state index is 13.1. The van der Waals surface area contributed by atoms with Gasteiger partial charge in [0.2, 0.25) is 0 Å². The molecular weight excluding hydrogens is 513 g/mol. The van der Waals surface area contributed by atoms with Crippen LogP contribution in [-0.4, -0.2) is 30.5 Å². The van der Waals surface area contributed by atoms with Crippen LogP contribution >= 0.6 is 0 Å². The molecule has 0 aliphatic carbocycles. The summed E-state index contributed by atoms with van der Waals surface area (Å²) in [5.41, 5.74) is 3.41. The van der Waals surface area contributed by atoms with E-state index in [1.54, 1.807) is 12.1 Å². The van der Waals surface area contributed by atoms with Crippen LogP contribution in [0.5, 0.6) is 5.75 Å². The van der Waals surface area contributed by atoms with E-state index >= 15 is 0 Å². The van der Waals surface area contributed by atoms with Crippen molar-refractivity contribution in [2.45, 2.75) is 32.5 Å². The van der Waals surface area contributed by atoms with Crippen LogP contribution in [0.1, 0.15) is 42.0 Å². The average molecular weight is 541 g/mol. The van der Waals surface area contributed by atoms with Crippen LogP contribution in [0.15, 0.2) is 77.9 Å². The predicted molar refractivity (Wildman–Crippen MR) is 140 cm³/mol. The number of anilines is 1. The highest BCUT2D eigenvalue weighted by Crippen LogP contribution is 2.34. The zero-order valence-electron chi connectivity index (χ0n) is 21.2. The average Bonchev–Trinajstić information content (AvgIpc) is 2.91. The molecule has 3 aromatic rings. The van der Waals surface area contributed by atoms with E-state index in [1.807, 2.05) is 24.3 Å². The molecule has 3 amide bonds. The van der Waals surface area contributed by atoms with Crippen LogP contribution in [0.4, 0.5) is 18.9 Å². The maximum atomic E-state index is 13.1. The van der Waals surface area contributed by atoms with Crippen molar-refractivity contribution in [1.82, 2.24) is 10.7 Å². The highest BCUT2D eigenvalue weighted by molar-refractivity contribution is 6.35. The normalized spacial score (nSPS) is 11.3. The fourth-order valence-electron chi connectivity index (χ4n) is 3.32. The Morgan fingerprint density at radius 3 is 2.23 bits per heavy atom. The molecule has 39 heavy (non-hydrogen) atoms. The van der Waals surface area contributed by atoms with Crippen molar-refractivity contribution in [1.29, 1.82) is 0 Å². The molecule has 0 unspecified atom stereocenters. The third-order valence-electron chi connectivity index (χ3n) is 5.44. The highest BCUT2D eigenvalue weighted by atomic mass is 19.4. The molecule has 3 N–H and O–H groups in total. The van der Waals surface area contributed by atoms with Crippen molar-refractivity contribution < 1.29 is 32.3 Å². The van der Waals surface area contributed by atoms with Crippen molar-refractivity contribution in [2.24, 2.45) is 5.10 Å². The minimum Gasteiger partial charge on any atom is -0.484 e. The van der Waals surface area contributed by atoms with Gasteiger partial charge in [0, 0.05) is 6.54 Å². The van der Waals surface area contributed by atoms with Crippen LogP contribution in [0.3, 0.4) is 0 Å². The Balaban J connectivity index is 1.42. The first kappa shape index (κ1) is 28.9. The van der Waals surface area contributed by atoms with Gasteiger partial charge in [-0.3, -0.25) is 14.4 Å². The van der Waals surface area contributed by atoms with Gasteiger partial charge in [-0.1, -0.05) is 50.2 Å². The third-order valence-corrected chi connectivity index (χ3v) is 5.44. The molecule has 8 nitrogen and oxygen atoms in total. The Morgan fingerprint density at radius 2 is 1.59 bits per heavy atom. The summed E-state index contributed by atoms with van der Waals surface area (Å²) in [5.74, 6) is -1.84. The van der Waals surface area contributed by atoms with Gasteiger partial charge in [-0.25, -0.2) is 5.43 Å². The van der Waals surface area contributed by atoms with Gasteiger partial charge in [0.25, 0.3) is 5.91 Å². The number of benzene rings is 3. The molecular formula is C28H27F3N4O4. The van der Waals surface area contributed by atoms with Gasteiger partial charge in [0.05, 0.1) is 17.5 Å². The number of rotatable bonds is 9. The molecule has 3 rings (SSSR count). The smallest absolute Gasteiger partial charge is 0.418 e. The SMILES string of the molecule is CC(C)c1ccc(CNC(=O)C(=O)N/N=C\c2ccc(OCC(=O)Nc3ccccc3C(F)(F)F)cc2)cc1. The molecule has 11 heteroatoms. The molecule has 0 aliphatic heterocycles. The van der Waals surface area contributed by atoms with E-state index in [0.717, 1.165) is 17.7 Å². The zero-order chi connectivity index (χ0) is 28.4. The van der Waals surface area contributed by atoms with E-state index < -0.39 is 36.1 Å². The van der Waals surface area contributed by atoms with Gasteiger partial charge >= 0.3 is 18.0 Å². The lowest BCUT2D eigenvalue weighted by Crippen LogP contribution is -2.37. The minimum atomic E-state index is -4.61. The fraction of sp³-hybridized carbons (Fsp3) is 0.214. The first-order valence-corrected chi connectivity index (χ1v) is 11.9. The number of hydrogen-bond donors (Lipinski definition) is 3. The lowest BCUT2D eigenvalue weighted by atomic mass is 10.0. The van der Waals surface area contributed by atoms with Crippen molar-refractivity contribution in [3.05, 3.63) is 95.1 Å². The number of carbonyl (C=O) groups excluding carboxylic acids is 3. The Morgan fingerprint density at radius 1 is 0.923 bits per heavy atom. The number of ether oxygens (including phenoxy) is 1. The lowest BCUT2D eigenvalue weighted by molar-refractivity contribution is -0.139. The number of para-hydroxylation sites is 1. The second-order valence-corrected chi connectivity index (χ2v) is 8.73. The zero-order valence-corrected chi connectivity index (χ0v) is 21.2. The van der Waals surface area contributed by atoms with Gasteiger partial charge in [0.15, 0.2) is 6.61 Å². The molecule has 0 spiro atoms. The standard InChI is InChI=1S/C28H27F3N4O4/c1-18(2)21-11-7-19(8-12-21)15-32-26(37)27(38)35-33-16-20-9-13-22(14-10-20)39-17-25(36)34-24-6-4-3-5-23(24)28(29,30)31/h3-14,16,18H,15,17H2,1-2H3,(H,32,37)(H,34,36)(H,35,38)/b33-16-. The number of amides is 3. The van der Waals surface area contributed by atoms with Gasteiger partial charge in [-0.15, -0.1) is 0 Å². The molecule has 0 aromatic heterocycles. The summed E-state index contributed by atoms with van der Waals surface area (Å²) in [4.78, 5) is 36.0. The van der Waals surface area contributed by atoms with Gasteiger partial charge in [-0.05, 0) is 59.0 Å². The summed E-state index contributed by atoms with van der Waals surface area (Å²) in [6.07, 6.45) is -3.30. The first-order chi connectivity index (χ1) is 18.5. The van der Waals surface area contributed by atoms with Crippen molar-refractivity contribution >= 4 is 29.6 Å². The van der Waals surface area contributed by atoms with Crippen LogP contribution < -0.4 is 20.8 Å². The molecule has 0 heterocycles. The molecule has 0 fully saturated rings. The van der Waals surface area contributed by atoms with E-state index in [1.165, 1.54) is 36.0 Å². The van der Waals surface area contributed by atoms with Gasteiger partial charge in [0.1, 0.15) is 5.75 Å². The van der Waals surface area contributed by atoms with Crippen molar-refractivity contribution in [3.8, 4) is 5.75 Å². The van der Waals surface area contributed by atoms with Crippen LogP contribution in [0.2, 0.25) is 0 Å². The second kappa shape index (κ2) is 13.2. The number of carbonyl (C=O) groups is 3. The Kier molecular flexibility index (Phi) is 9.80. The van der Waals surface area contributed by atoms with Crippen LogP contribution in [-0.2, 0) is 27.1 Å². The number of hydrogen-bond acceptors (Lipinski definition) is 5. The number of halogens is 3. The molecule has 0 bridgehead atoms. The molecule has 0 saturated heterocycles. The summed E-state index contributed by atoms with van der Waals surface area (Å²) in [7, 11) is 0. The molecule has 0 saturated carbocycles. The number of alkyl halides is 3. The summed E-state index contributed by atoms with van der Waals surface area (Å²) < 4.78 is 44.5. The van der Waals surface area contributed by atoms with E-state index in [4.69, 9.17) is 4.74 Å². The van der Waals surface area contributed by atoms with Crippen LogP contribution in [0, 0.1) is 0 Å². The minimum absolute atomic E-state index is 0.197. The van der Waals surface area contributed by atoms with Crippen molar-refractivity contribution in [2.75, 3.05) is 11.9 Å². The molecule has 3 aromatic carbocycles. The molecule has 0 atom stereocenters. The monoisotopic (exact) mass is 540 g/mol. The first-order valence-electron chi connectivity index (χ1n) is 11.9. The van der Waals surface area contributed by atoms with E-state index in [0.29, 0.717) is 11.5 Å². The number of hydrazone groups is 1. The fourth-order valence-corrected chi connectivity index (χ4v) is 3.32. The highest BCUT2D eigenvalue weighted by Gasteiger charge is 2.33. The Hall–Kier alpha value is -4.67. The number of nitrogens with zero attached hydrogens (tertiary/aromatic N) is 1. The largest absolute Gasteiger partial charge is 0.484 e. The third kappa shape index (κ3) is 8.99. The Labute approximate surface area is 223 Å². The molecule has 0 radical (unpaired) electrons. The lowest BCUT2D eigenvalue weighted by Gasteiger charge is -2.13. The maximum Gasteiger partial charge on any atom is 0.418 e. The van der Waals surface area contributed by atoms with E-state index in [-0.39, 0.29) is 18.0 Å². The molecule has 0 aliphatic rings. The predicted octanol–water partition coefficient (Wildman–Crippen LogP) is 4.61. The second-order valence-electron chi connectivity index (χ2n) is 8.73. The number of nitrogens with one attached hydrogen (secondary N) is 3. The van der Waals surface area contributed by atoms with Gasteiger partial charge in [-0.2, -0.15) is 18.3 Å². The van der Waals surface area contributed by atoms with E-state index in [9.17, 15) is 27.6 Å². The quantitative estimate of drug-likeness (QED) is 0.209. The topological polar surface area (TPSA) is 109 Å². The Bertz CT molecular complexity index is 1320. The summed E-state index contributed by atoms with van der Waals surface area (Å²) in [6, 6.07) is 18.5. The summed E-state index contributed by atoms with van der Waals surface area (Å²) >= 11 is 0. The van der Waals surface area contributed by atoms with E-state index in [2.05, 4.69) is 35.0 Å². The van der Waals surface area contributed by atoms with Crippen molar-refractivity contribution in [3.63, 3.8) is 0 Å². The van der Waals surface area contributed by atoms with Crippen LogP contribution in [0.25, 0.3) is 0 Å². The molecule has 204 valence electrons. The van der Waals surface area contributed by atoms with Gasteiger partial charge < -0.3 is 15.4 Å². The summed E-state index contributed by atoms with van der Waals surface area (Å²) in [5, 5.41) is 8.46. The summed E-state index contributed by atoms with van der Waals surface area (Å²) in [6.45, 7) is 3.85.